The van der Waals surface area contributed by atoms with Crippen molar-refractivity contribution in [1.29, 1.82) is 0 Å². The minimum atomic E-state index is -0.510. The number of aliphatic hydroxyl groups is 1. The Hall–Kier alpha value is -1.86. The molecule has 3 rings (SSSR count). The molecule has 7 heteroatoms. The third-order valence-electron chi connectivity index (χ3n) is 4.40. The van der Waals surface area contributed by atoms with Gasteiger partial charge in [-0.05, 0) is 44.6 Å². The van der Waals surface area contributed by atoms with Gasteiger partial charge in [-0.15, -0.1) is 11.3 Å². The van der Waals surface area contributed by atoms with Gasteiger partial charge in [0, 0.05) is 29.6 Å². The number of aromatic nitrogens is 2. The smallest absolute Gasteiger partial charge is 0.323 e. The number of aliphatic hydroxyl groups excluding tert-OH is 1. The maximum atomic E-state index is 12.7. The van der Waals surface area contributed by atoms with Crippen LogP contribution in [0, 0.1) is 0 Å². The third kappa shape index (κ3) is 3.62. The van der Waals surface area contributed by atoms with Gasteiger partial charge in [0.15, 0.2) is 0 Å². The molecule has 3 heterocycles. The van der Waals surface area contributed by atoms with Crippen molar-refractivity contribution >= 4 is 23.2 Å². The molecule has 2 amide bonds. The second kappa shape index (κ2) is 7.36. The first-order valence-corrected chi connectivity index (χ1v) is 9.27. The zero-order valence-corrected chi connectivity index (χ0v) is 14.9. The summed E-state index contributed by atoms with van der Waals surface area (Å²) in [7, 11) is 0. The van der Waals surface area contributed by atoms with E-state index in [2.05, 4.69) is 10.4 Å². The summed E-state index contributed by atoms with van der Waals surface area (Å²) in [6.45, 7) is 4.78. The highest BCUT2D eigenvalue weighted by Crippen LogP contribution is 2.30. The molecule has 2 atom stereocenters. The number of likely N-dealkylation sites (tertiary alicyclic amines) is 1. The lowest BCUT2D eigenvalue weighted by Crippen LogP contribution is -2.39. The summed E-state index contributed by atoms with van der Waals surface area (Å²) in [6, 6.07) is 5.83. The van der Waals surface area contributed by atoms with Crippen LogP contribution in [0.15, 0.2) is 29.8 Å². The van der Waals surface area contributed by atoms with Gasteiger partial charge in [-0.2, -0.15) is 5.10 Å². The minimum Gasteiger partial charge on any atom is -0.387 e. The van der Waals surface area contributed by atoms with E-state index >= 15 is 0 Å². The molecule has 6 nitrogen and oxygen atoms in total. The fourth-order valence-electron chi connectivity index (χ4n) is 3.21. The molecule has 0 spiro atoms. The monoisotopic (exact) mass is 348 g/mol. The fraction of sp³-hybridized carbons (Fsp3) is 0.529. The number of hydrogen-bond acceptors (Lipinski definition) is 4. The van der Waals surface area contributed by atoms with Crippen molar-refractivity contribution < 1.29 is 9.90 Å². The number of nitrogens with one attached hydrogen (secondary N) is 1. The Morgan fingerprint density at radius 2 is 2.33 bits per heavy atom. The van der Waals surface area contributed by atoms with Gasteiger partial charge in [0.1, 0.15) is 5.82 Å². The Morgan fingerprint density at radius 1 is 1.50 bits per heavy atom. The number of thiophene rings is 1. The van der Waals surface area contributed by atoms with Crippen LogP contribution in [0.3, 0.4) is 0 Å². The number of anilines is 1. The topological polar surface area (TPSA) is 70.4 Å². The van der Waals surface area contributed by atoms with Crippen molar-refractivity contribution in [2.24, 2.45) is 0 Å². The first-order chi connectivity index (χ1) is 11.6. The number of amides is 2. The van der Waals surface area contributed by atoms with E-state index in [0.717, 1.165) is 24.3 Å². The Kier molecular flexibility index (Phi) is 5.20. The molecule has 1 saturated heterocycles. The maximum Gasteiger partial charge on any atom is 0.323 e. The summed E-state index contributed by atoms with van der Waals surface area (Å²) < 4.78 is 1.80. The van der Waals surface area contributed by atoms with Gasteiger partial charge in [-0.25, -0.2) is 9.48 Å². The SMILES string of the molecule is CC(C)n1nccc1NC(=O)N1CCCC1CC(O)c1cccs1. The average Bonchev–Trinajstić information content (AvgIpc) is 3.28. The zero-order valence-electron chi connectivity index (χ0n) is 14.1. The van der Waals surface area contributed by atoms with Crippen molar-refractivity contribution in [2.45, 2.75) is 51.3 Å². The molecular weight excluding hydrogens is 324 g/mol. The Labute approximate surface area is 146 Å². The Bertz CT molecular complexity index is 668. The van der Waals surface area contributed by atoms with E-state index in [9.17, 15) is 9.90 Å². The van der Waals surface area contributed by atoms with Crippen molar-refractivity contribution in [3.63, 3.8) is 0 Å². The minimum absolute atomic E-state index is 0.0671. The lowest BCUT2D eigenvalue weighted by atomic mass is 10.1. The van der Waals surface area contributed by atoms with Gasteiger partial charge >= 0.3 is 6.03 Å². The van der Waals surface area contributed by atoms with E-state index in [4.69, 9.17) is 0 Å². The normalized spacial score (nSPS) is 19.0. The Morgan fingerprint density at radius 3 is 3.04 bits per heavy atom. The number of rotatable bonds is 5. The Balaban J connectivity index is 1.64. The third-order valence-corrected chi connectivity index (χ3v) is 5.37. The first kappa shape index (κ1) is 17.0. The van der Waals surface area contributed by atoms with Crippen molar-refractivity contribution in [2.75, 3.05) is 11.9 Å². The summed E-state index contributed by atoms with van der Waals surface area (Å²) in [4.78, 5) is 15.5. The molecule has 130 valence electrons. The lowest BCUT2D eigenvalue weighted by molar-refractivity contribution is 0.132. The van der Waals surface area contributed by atoms with Gasteiger partial charge in [0.2, 0.25) is 0 Å². The molecule has 24 heavy (non-hydrogen) atoms. The quantitative estimate of drug-likeness (QED) is 0.866. The van der Waals surface area contributed by atoms with Crippen LogP contribution >= 0.6 is 11.3 Å². The molecule has 0 aromatic carbocycles. The van der Waals surface area contributed by atoms with Gasteiger partial charge in [0.25, 0.3) is 0 Å². The van der Waals surface area contributed by atoms with E-state index in [-0.39, 0.29) is 18.1 Å². The van der Waals surface area contributed by atoms with Crippen LogP contribution in [0.25, 0.3) is 0 Å². The van der Waals surface area contributed by atoms with E-state index < -0.39 is 6.10 Å². The average molecular weight is 348 g/mol. The number of nitrogens with zero attached hydrogens (tertiary/aromatic N) is 3. The van der Waals surface area contributed by atoms with Crippen molar-refractivity contribution in [3.05, 3.63) is 34.7 Å². The molecule has 2 aromatic rings. The predicted octanol–water partition coefficient (Wildman–Crippen LogP) is 3.65. The largest absolute Gasteiger partial charge is 0.387 e. The van der Waals surface area contributed by atoms with E-state index in [1.165, 1.54) is 0 Å². The second-order valence-electron chi connectivity index (χ2n) is 6.44. The van der Waals surface area contributed by atoms with Gasteiger partial charge in [0.05, 0.1) is 12.3 Å². The van der Waals surface area contributed by atoms with E-state index in [1.54, 1.807) is 22.2 Å². The van der Waals surface area contributed by atoms with Crippen LogP contribution in [0.5, 0.6) is 0 Å². The highest BCUT2D eigenvalue weighted by molar-refractivity contribution is 7.10. The molecule has 2 aromatic heterocycles. The molecule has 0 saturated carbocycles. The summed E-state index contributed by atoms with van der Waals surface area (Å²) in [5.41, 5.74) is 0. The summed E-state index contributed by atoms with van der Waals surface area (Å²) in [6.07, 6.45) is 3.66. The molecule has 2 N–H and O–H groups in total. The molecule has 1 fully saturated rings. The van der Waals surface area contributed by atoms with Crippen molar-refractivity contribution in [3.8, 4) is 0 Å². The van der Waals surface area contributed by atoms with Gasteiger partial charge in [-0.1, -0.05) is 6.07 Å². The molecule has 1 aliphatic heterocycles. The predicted molar refractivity (Wildman–Crippen MR) is 95.3 cm³/mol. The standard InChI is InChI=1S/C17H24N4O2S/c1-12(2)21-16(7-8-18-21)19-17(23)20-9-3-5-13(20)11-14(22)15-6-4-10-24-15/h4,6-8,10,12-14,22H,3,5,9,11H2,1-2H3,(H,19,23). The molecule has 2 unspecified atom stereocenters. The molecule has 0 bridgehead atoms. The number of carbonyl (C=O) groups is 1. The summed E-state index contributed by atoms with van der Waals surface area (Å²) in [5, 5.41) is 19.5. The van der Waals surface area contributed by atoms with Gasteiger partial charge < -0.3 is 10.0 Å². The number of carbonyl (C=O) groups excluding carboxylic acids is 1. The van der Waals surface area contributed by atoms with Crippen LogP contribution in [0.4, 0.5) is 10.6 Å². The van der Waals surface area contributed by atoms with Crippen LogP contribution in [0.2, 0.25) is 0 Å². The number of urea groups is 1. The van der Waals surface area contributed by atoms with Crippen LogP contribution in [-0.4, -0.2) is 38.4 Å². The van der Waals surface area contributed by atoms with Crippen LogP contribution in [0.1, 0.15) is 50.1 Å². The highest BCUT2D eigenvalue weighted by atomic mass is 32.1. The molecule has 0 radical (unpaired) electrons. The second-order valence-corrected chi connectivity index (χ2v) is 7.42. The van der Waals surface area contributed by atoms with Gasteiger partial charge in [-0.3, -0.25) is 5.32 Å². The molecule has 1 aliphatic rings. The molecular formula is C17H24N4O2S. The number of hydrogen-bond donors (Lipinski definition) is 2. The fourth-order valence-corrected chi connectivity index (χ4v) is 3.93. The first-order valence-electron chi connectivity index (χ1n) is 8.39. The summed E-state index contributed by atoms with van der Waals surface area (Å²) in [5.74, 6) is 0.708. The maximum absolute atomic E-state index is 12.7. The van der Waals surface area contributed by atoms with Crippen LogP contribution < -0.4 is 5.32 Å². The van der Waals surface area contributed by atoms with E-state index in [0.29, 0.717) is 12.2 Å². The van der Waals surface area contributed by atoms with Crippen LogP contribution in [-0.2, 0) is 0 Å². The zero-order chi connectivity index (χ0) is 17.1. The summed E-state index contributed by atoms with van der Waals surface area (Å²) >= 11 is 1.55. The lowest BCUT2D eigenvalue weighted by Gasteiger charge is -2.26. The highest BCUT2D eigenvalue weighted by Gasteiger charge is 2.31. The van der Waals surface area contributed by atoms with E-state index in [1.807, 2.05) is 42.3 Å². The van der Waals surface area contributed by atoms with Crippen molar-refractivity contribution in [1.82, 2.24) is 14.7 Å². The molecule has 0 aliphatic carbocycles.